The number of carbonyl (C=O) groups excluding carboxylic acids is 1. The first-order valence-electron chi connectivity index (χ1n) is 8.25. The lowest BCUT2D eigenvalue weighted by atomic mass is 10.0. The third-order valence-electron chi connectivity index (χ3n) is 3.91. The van der Waals surface area contributed by atoms with Crippen LogP contribution in [0.1, 0.15) is 58.8 Å². The van der Waals surface area contributed by atoms with E-state index in [4.69, 9.17) is 9.47 Å². The van der Waals surface area contributed by atoms with E-state index in [1.807, 2.05) is 6.92 Å². The van der Waals surface area contributed by atoms with Crippen molar-refractivity contribution in [1.82, 2.24) is 4.90 Å². The summed E-state index contributed by atoms with van der Waals surface area (Å²) in [5, 5.41) is 0. The summed E-state index contributed by atoms with van der Waals surface area (Å²) in [5.74, 6) is -0.0578. The molecule has 1 atom stereocenters. The Morgan fingerprint density at radius 3 is 2.50 bits per heavy atom. The van der Waals surface area contributed by atoms with Crippen molar-refractivity contribution in [2.45, 2.75) is 64.8 Å². The molecule has 0 amide bonds. The molecular formula is C16H31NO3. The summed E-state index contributed by atoms with van der Waals surface area (Å²) in [6, 6.07) is 0.333. The van der Waals surface area contributed by atoms with E-state index >= 15 is 0 Å². The van der Waals surface area contributed by atoms with Gasteiger partial charge in [-0.1, -0.05) is 39.0 Å². The van der Waals surface area contributed by atoms with Gasteiger partial charge in [-0.3, -0.25) is 9.69 Å². The van der Waals surface area contributed by atoms with E-state index in [1.54, 1.807) is 0 Å². The Bertz CT molecular complexity index is 252. The van der Waals surface area contributed by atoms with Gasteiger partial charge in [0.15, 0.2) is 0 Å². The van der Waals surface area contributed by atoms with E-state index in [9.17, 15) is 4.79 Å². The molecule has 4 nitrogen and oxygen atoms in total. The standard InChI is InChI=1S/C16H31NO3/c1-3-5-6-7-8-9-15(14-16(18)20-4-2)17-10-12-19-13-11-17/h15H,3-14H2,1-2H3. The van der Waals surface area contributed by atoms with Gasteiger partial charge in [-0.05, 0) is 13.3 Å². The lowest BCUT2D eigenvalue weighted by Crippen LogP contribution is -2.44. The molecule has 1 aliphatic rings. The van der Waals surface area contributed by atoms with Gasteiger partial charge < -0.3 is 9.47 Å². The van der Waals surface area contributed by atoms with Crippen LogP contribution in [0.2, 0.25) is 0 Å². The molecule has 0 N–H and O–H groups in total. The topological polar surface area (TPSA) is 38.8 Å². The molecule has 1 heterocycles. The zero-order valence-electron chi connectivity index (χ0n) is 13.2. The van der Waals surface area contributed by atoms with E-state index in [0.717, 1.165) is 32.7 Å². The van der Waals surface area contributed by atoms with Gasteiger partial charge >= 0.3 is 5.97 Å². The van der Waals surface area contributed by atoms with E-state index < -0.39 is 0 Å². The highest BCUT2D eigenvalue weighted by molar-refractivity contribution is 5.70. The SMILES string of the molecule is CCCCCCCC(CC(=O)OCC)N1CCOCC1. The van der Waals surface area contributed by atoms with Crippen molar-refractivity contribution < 1.29 is 14.3 Å². The summed E-state index contributed by atoms with van der Waals surface area (Å²) in [6.45, 7) is 8.04. The fourth-order valence-corrected chi connectivity index (χ4v) is 2.75. The van der Waals surface area contributed by atoms with Crippen molar-refractivity contribution in [2.24, 2.45) is 0 Å². The lowest BCUT2D eigenvalue weighted by Gasteiger charge is -2.34. The summed E-state index contributed by atoms with van der Waals surface area (Å²) in [4.78, 5) is 14.2. The van der Waals surface area contributed by atoms with E-state index in [1.165, 1.54) is 32.1 Å². The van der Waals surface area contributed by atoms with Gasteiger partial charge in [0, 0.05) is 19.1 Å². The van der Waals surface area contributed by atoms with E-state index in [0.29, 0.717) is 19.1 Å². The molecule has 0 radical (unpaired) electrons. The predicted molar refractivity (Wildman–Crippen MR) is 80.8 cm³/mol. The normalized spacial score (nSPS) is 17.9. The Kier molecular flexibility index (Phi) is 9.67. The molecule has 1 saturated heterocycles. The van der Waals surface area contributed by atoms with Crippen molar-refractivity contribution >= 4 is 5.97 Å². The van der Waals surface area contributed by atoms with Crippen molar-refractivity contribution in [3.05, 3.63) is 0 Å². The van der Waals surface area contributed by atoms with Gasteiger partial charge in [-0.2, -0.15) is 0 Å². The predicted octanol–water partition coefficient (Wildman–Crippen LogP) is 3.00. The lowest BCUT2D eigenvalue weighted by molar-refractivity contribution is -0.145. The largest absolute Gasteiger partial charge is 0.466 e. The number of hydrogen-bond donors (Lipinski definition) is 0. The first-order chi connectivity index (χ1) is 9.77. The Labute approximate surface area is 123 Å². The minimum atomic E-state index is -0.0578. The Morgan fingerprint density at radius 1 is 1.15 bits per heavy atom. The summed E-state index contributed by atoms with van der Waals surface area (Å²) in [6.07, 6.45) is 8.02. The third kappa shape index (κ3) is 7.25. The van der Waals surface area contributed by atoms with E-state index in [-0.39, 0.29) is 5.97 Å². The van der Waals surface area contributed by atoms with Crippen LogP contribution in [-0.4, -0.2) is 49.8 Å². The van der Waals surface area contributed by atoms with Crippen LogP contribution in [0.4, 0.5) is 0 Å². The van der Waals surface area contributed by atoms with Crippen LogP contribution in [0, 0.1) is 0 Å². The van der Waals surface area contributed by atoms with Crippen LogP contribution < -0.4 is 0 Å². The molecule has 4 heteroatoms. The highest BCUT2D eigenvalue weighted by atomic mass is 16.5. The van der Waals surface area contributed by atoms with Crippen LogP contribution in [0.3, 0.4) is 0 Å². The van der Waals surface area contributed by atoms with Gasteiger partial charge in [-0.15, -0.1) is 0 Å². The fraction of sp³-hybridized carbons (Fsp3) is 0.938. The minimum Gasteiger partial charge on any atom is -0.466 e. The molecule has 0 bridgehead atoms. The van der Waals surface area contributed by atoms with Crippen molar-refractivity contribution in [3.63, 3.8) is 0 Å². The van der Waals surface area contributed by atoms with Gasteiger partial charge in [0.1, 0.15) is 0 Å². The van der Waals surface area contributed by atoms with Gasteiger partial charge in [0.25, 0.3) is 0 Å². The Hall–Kier alpha value is -0.610. The fourth-order valence-electron chi connectivity index (χ4n) is 2.75. The molecule has 118 valence electrons. The molecule has 0 saturated carbocycles. The van der Waals surface area contributed by atoms with Crippen LogP contribution in [-0.2, 0) is 14.3 Å². The molecule has 20 heavy (non-hydrogen) atoms. The first kappa shape index (κ1) is 17.4. The third-order valence-corrected chi connectivity index (χ3v) is 3.91. The highest BCUT2D eigenvalue weighted by Crippen LogP contribution is 2.17. The zero-order valence-corrected chi connectivity index (χ0v) is 13.2. The molecule has 1 fully saturated rings. The summed E-state index contributed by atoms with van der Waals surface area (Å²) >= 11 is 0. The summed E-state index contributed by atoms with van der Waals surface area (Å²) < 4.78 is 10.5. The maximum Gasteiger partial charge on any atom is 0.307 e. The van der Waals surface area contributed by atoms with Crippen LogP contribution in [0.15, 0.2) is 0 Å². The number of carbonyl (C=O) groups is 1. The number of rotatable bonds is 10. The van der Waals surface area contributed by atoms with Gasteiger partial charge in [0.05, 0.1) is 26.2 Å². The Morgan fingerprint density at radius 2 is 1.85 bits per heavy atom. The van der Waals surface area contributed by atoms with Gasteiger partial charge in [-0.25, -0.2) is 0 Å². The molecule has 1 unspecified atom stereocenters. The molecular weight excluding hydrogens is 254 g/mol. The maximum absolute atomic E-state index is 11.8. The van der Waals surface area contributed by atoms with E-state index in [2.05, 4.69) is 11.8 Å². The molecule has 0 aromatic carbocycles. The average molecular weight is 285 g/mol. The van der Waals surface area contributed by atoms with Crippen molar-refractivity contribution in [1.29, 1.82) is 0 Å². The first-order valence-corrected chi connectivity index (χ1v) is 8.25. The number of esters is 1. The molecule has 0 aromatic heterocycles. The zero-order chi connectivity index (χ0) is 14.6. The second kappa shape index (κ2) is 11.1. The van der Waals surface area contributed by atoms with Crippen molar-refractivity contribution in [3.8, 4) is 0 Å². The highest BCUT2D eigenvalue weighted by Gasteiger charge is 2.23. The monoisotopic (exact) mass is 285 g/mol. The molecule has 1 aliphatic heterocycles. The van der Waals surface area contributed by atoms with Crippen LogP contribution in [0.25, 0.3) is 0 Å². The van der Waals surface area contributed by atoms with Crippen LogP contribution >= 0.6 is 0 Å². The second-order valence-electron chi connectivity index (χ2n) is 5.51. The van der Waals surface area contributed by atoms with Gasteiger partial charge in [0.2, 0.25) is 0 Å². The quantitative estimate of drug-likeness (QED) is 0.457. The molecule has 0 spiro atoms. The van der Waals surface area contributed by atoms with Crippen molar-refractivity contribution in [2.75, 3.05) is 32.9 Å². The summed E-state index contributed by atoms with van der Waals surface area (Å²) in [5.41, 5.74) is 0. The molecule has 1 rings (SSSR count). The number of morpholine rings is 1. The molecule has 0 aliphatic carbocycles. The number of nitrogens with zero attached hydrogens (tertiary/aromatic N) is 1. The Balaban J connectivity index is 2.35. The number of unbranched alkanes of at least 4 members (excludes halogenated alkanes) is 4. The number of hydrogen-bond acceptors (Lipinski definition) is 4. The molecule has 0 aromatic rings. The minimum absolute atomic E-state index is 0.0578. The second-order valence-corrected chi connectivity index (χ2v) is 5.51. The average Bonchev–Trinajstić information content (AvgIpc) is 2.47. The summed E-state index contributed by atoms with van der Waals surface area (Å²) in [7, 11) is 0. The number of ether oxygens (including phenoxy) is 2. The maximum atomic E-state index is 11.8. The van der Waals surface area contributed by atoms with Crippen LogP contribution in [0.5, 0.6) is 0 Å². The smallest absolute Gasteiger partial charge is 0.307 e.